The zero-order valence-electron chi connectivity index (χ0n) is 18.2. The molecule has 3 aromatic carbocycles. The summed E-state index contributed by atoms with van der Waals surface area (Å²) in [4.78, 5) is 12.6. The lowest BCUT2D eigenvalue weighted by Crippen LogP contribution is -2.05. The smallest absolute Gasteiger partial charge is 0.260 e. The number of carbonyl (C=O) groups is 1. The predicted molar refractivity (Wildman–Crippen MR) is 125 cm³/mol. The van der Waals surface area contributed by atoms with Gasteiger partial charge in [-0.25, -0.2) is 4.39 Å². The lowest BCUT2D eigenvalue weighted by atomic mass is 9.96. The highest BCUT2D eigenvalue weighted by atomic mass is 19.1. The normalized spacial score (nSPS) is 14.0. The van der Waals surface area contributed by atoms with Crippen LogP contribution in [0, 0.1) is 12.7 Å². The number of anilines is 1. The van der Waals surface area contributed by atoms with Crippen molar-refractivity contribution in [2.75, 3.05) is 12.4 Å². The Morgan fingerprint density at radius 1 is 1.03 bits per heavy atom. The number of fused-ring (bicyclic) bond motifs is 1. The van der Waals surface area contributed by atoms with Crippen LogP contribution in [0.3, 0.4) is 0 Å². The molecule has 0 saturated carbocycles. The number of phenolic OH excluding ortho intramolecular Hbond substituents is 1. The van der Waals surface area contributed by atoms with E-state index in [-0.39, 0.29) is 34.1 Å². The van der Waals surface area contributed by atoms with Crippen molar-refractivity contribution < 1.29 is 28.7 Å². The van der Waals surface area contributed by atoms with Crippen LogP contribution in [0.4, 0.5) is 10.1 Å². The van der Waals surface area contributed by atoms with Crippen molar-refractivity contribution in [2.45, 2.75) is 6.92 Å². The van der Waals surface area contributed by atoms with E-state index in [0.717, 1.165) is 5.56 Å². The number of para-hydroxylation sites is 1. The first-order chi connectivity index (χ1) is 16.4. The van der Waals surface area contributed by atoms with Gasteiger partial charge in [0.05, 0.1) is 24.1 Å². The molecule has 0 fully saturated rings. The van der Waals surface area contributed by atoms with E-state index in [9.17, 15) is 19.4 Å². The minimum Gasteiger partial charge on any atom is -0.504 e. The number of methoxy groups -OCH3 is 1. The van der Waals surface area contributed by atoms with Crippen LogP contribution in [0.2, 0.25) is 0 Å². The Morgan fingerprint density at radius 3 is 2.38 bits per heavy atom. The van der Waals surface area contributed by atoms with E-state index in [1.807, 2.05) is 0 Å². The third kappa shape index (κ3) is 3.45. The van der Waals surface area contributed by atoms with Gasteiger partial charge >= 0.3 is 0 Å². The zero-order chi connectivity index (χ0) is 24.0. The van der Waals surface area contributed by atoms with Gasteiger partial charge in [-0.1, -0.05) is 41.6 Å². The zero-order valence-corrected chi connectivity index (χ0v) is 18.2. The summed E-state index contributed by atoms with van der Waals surface area (Å²) in [6.07, 6.45) is 0. The molecule has 4 aromatic rings. The second kappa shape index (κ2) is 8.08. The standard InChI is InChI=1S/C26H19FN2O5/c1-13-10-22(34-29-13)25(31)23-18-11-17(19(27)12-20(18)28-26(23)32)15-8-6-14(7-9-15)16-4-3-5-21(33-2)24(16)30/h3-12,30-31H,1-2H3,(H,28,32). The summed E-state index contributed by atoms with van der Waals surface area (Å²) in [5, 5.41) is 27.4. The number of aliphatic hydroxyl groups excluding tert-OH is 1. The lowest BCUT2D eigenvalue weighted by Gasteiger charge is -2.11. The highest BCUT2D eigenvalue weighted by Crippen LogP contribution is 2.41. The fourth-order valence-electron chi connectivity index (χ4n) is 3.99. The number of aryl methyl sites for hydroxylation is 1. The fourth-order valence-corrected chi connectivity index (χ4v) is 3.99. The third-order valence-corrected chi connectivity index (χ3v) is 5.68. The molecule has 34 heavy (non-hydrogen) atoms. The van der Waals surface area contributed by atoms with Crippen LogP contribution in [0.1, 0.15) is 17.0 Å². The number of hydrogen-bond donors (Lipinski definition) is 3. The Kier molecular flexibility index (Phi) is 5.05. The van der Waals surface area contributed by atoms with E-state index in [1.54, 1.807) is 49.4 Å². The molecule has 1 aliphatic rings. The largest absolute Gasteiger partial charge is 0.504 e. The molecular weight excluding hydrogens is 439 g/mol. The van der Waals surface area contributed by atoms with Crippen molar-refractivity contribution >= 4 is 22.9 Å². The third-order valence-electron chi connectivity index (χ3n) is 5.68. The van der Waals surface area contributed by atoms with Crippen molar-refractivity contribution in [3.8, 4) is 33.8 Å². The van der Waals surface area contributed by atoms with Crippen LogP contribution in [0.15, 0.2) is 65.2 Å². The molecule has 3 N–H and O–H groups in total. The molecule has 0 spiro atoms. The number of carbonyl (C=O) groups excluding carboxylic acids is 1. The van der Waals surface area contributed by atoms with Gasteiger partial charge in [0.2, 0.25) is 5.76 Å². The summed E-state index contributed by atoms with van der Waals surface area (Å²) in [7, 11) is 1.47. The number of aliphatic hydroxyl groups is 1. The summed E-state index contributed by atoms with van der Waals surface area (Å²) in [6.45, 7) is 1.69. The minimum absolute atomic E-state index is 0.0129. The topological polar surface area (TPSA) is 105 Å². The summed E-state index contributed by atoms with van der Waals surface area (Å²) >= 11 is 0. The number of rotatable bonds is 4. The Labute approximate surface area is 193 Å². The van der Waals surface area contributed by atoms with Crippen molar-refractivity contribution in [1.82, 2.24) is 5.16 Å². The Morgan fingerprint density at radius 2 is 1.74 bits per heavy atom. The number of phenols is 1. The van der Waals surface area contributed by atoms with Gasteiger partial charge in [0, 0.05) is 22.8 Å². The number of nitrogens with one attached hydrogen (secondary N) is 1. The average Bonchev–Trinajstić information content (AvgIpc) is 3.40. The fraction of sp³-hybridized carbons (Fsp3) is 0.0769. The molecule has 1 aromatic heterocycles. The molecule has 0 radical (unpaired) electrons. The molecule has 7 nitrogen and oxygen atoms in total. The van der Waals surface area contributed by atoms with Gasteiger partial charge in [0.25, 0.3) is 5.91 Å². The number of nitrogens with zero attached hydrogens (tertiary/aromatic N) is 1. The van der Waals surface area contributed by atoms with Gasteiger partial charge in [0.15, 0.2) is 17.3 Å². The maximum atomic E-state index is 15.0. The van der Waals surface area contributed by atoms with E-state index < -0.39 is 11.7 Å². The summed E-state index contributed by atoms with van der Waals surface area (Å²) in [5.41, 5.74) is 3.22. The molecule has 0 unspecified atom stereocenters. The second-order valence-corrected chi connectivity index (χ2v) is 7.82. The number of amides is 1. The van der Waals surface area contributed by atoms with Crippen molar-refractivity contribution in [3.63, 3.8) is 0 Å². The first-order valence-electron chi connectivity index (χ1n) is 10.4. The van der Waals surface area contributed by atoms with Gasteiger partial charge in [0.1, 0.15) is 5.82 Å². The maximum Gasteiger partial charge on any atom is 0.260 e. The quantitative estimate of drug-likeness (QED) is 0.274. The molecule has 0 aliphatic carbocycles. The van der Waals surface area contributed by atoms with Gasteiger partial charge < -0.3 is 24.8 Å². The van der Waals surface area contributed by atoms with Crippen molar-refractivity contribution in [2.24, 2.45) is 0 Å². The number of ether oxygens (including phenoxy) is 1. The van der Waals surface area contributed by atoms with E-state index in [0.29, 0.717) is 28.1 Å². The number of halogens is 1. The summed E-state index contributed by atoms with van der Waals surface area (Å²) < 4.78 is 25.2. The van der Waals surface area contributed by atoms with Gasteiger partial charge in [-0.15, -0.1) is 0 Å². The van der Waals surface area contributed by atoms with Crippen LogP contribution in [0.25, 0.3) is 33.6 Å². The van der Waals surface area contributed by atoms with E-state index in [1.165, 1.54) is 25.3 Å². The molecule has 1 aliphatic heterocycles. The number of benzene rings is 3. The predicted octanol–water partition coefficient (Wildman–Crippen LogP) is 5.55. The van der Waals surface area contributed by atoms with Crippen LogP contribution in [-0.2, 0) is 4.79 Å². The highest BCUT2D eigenvalue weighted by molar-refractivity contribution is 6.36. The first kappa shape index (κ1) is 21.3. The van der Waals surface area contributed by atoms with Crippen LogP contribution >= 0.6 is 0 Å². The summed E-state index contributed by atoms with van der Waals surface area (Å²) in [5.74, 6) is -1.07. The van der Waals surface area contributed by atoms with E-state index >= 15 is 0 Å². The van der Waals surface area contributed by atoms with Crippen molar-refractivity contribution in [1.29, 1.82) is 0 Å². The molecular formula is C26H19FN2O5. The molecule has 0 saturated heterocycles. The highest BCUT2D eigenvalue weighted by Gasteiger charge is 2.31. The summed E-state index contributed by atoms with van der Waals surface area (Å²) in [6, 6.07) is 16.3. The molecule has 1 amide bonds. The van der Waals surface area contributed by atoms with E-state index in [4.69, 9.17) is 9.26 Å². The Hall–Kier alpha value is -4.59. The molecule has 170 valence electrons. The van der Waals surface area contributed by atoms with Gasteiger partial charge in [-0.3, -0.25) is 4.79 Å². The monoisotopic (exact) mass is 458 g/mol. The maximum absolute atomic E-state index is 15.0. The Bertz CT molecular complexity index is 1470. The molecule has 8 heteroatoms. The minimum atomic E-state index is -0.568. The Balaban J connectivity index is 1.57. The van der Waals surface area contributed by atoms with Gasteiger partial charge in [-0.05, 0) is 36.2 Å². The lowest BCUT2D eigenvalue weighted by molar-refractivity contribution is -0.110. The number of hydrogen-bond acceptors (Lipinski definition) is 6. The van der Waals surface area contributed by atoms with Gasteiger partial charge in [-0.2, -0.15) is 0 Å². The van der Waals surface area contributed by atoms with Crippen LogP contribution in [-0.4, -0.2) is 28.4 Å². The molecule has 0 atom stereocenters. The number of aromatic hydroxyl groups is 1. The molecule has 5 rings (SSSR count). The molecule has 2 heterocycles. The first-order valence-corrected chi connectivity index (χ1v) is 10.4. The molecule has 0 bridgehead atoms. The number of aromatic nitrogens is 1. The van der Waals surface area contributed by atoms with Crippen molar-refractivity contribution in [3.05, 3.63) is 83.5 Å². The second-order valence-electron chi connectivity index (χ2n) is 7.82. The van der Waals surface area contributed by atoms with Crippen LogP contribution in [0.5, 0.6) is 11.5 Å². The van der Waals surface area contributed by atoms with E-state index in [2.05, 4.69) is 10.5 Å². The van der Waals surface area contributed by atoms with Crippen LogP contribution < -0.4 is 10.1 Å². The average molecular weight is 458 g/mol. The SMILES string of the molecule is COc1cccc(-c2ccc(-c3cc4c(cc3F)NC(=O)C4=C(O)c3cc(C)no3)cc2)c1O.